The lowest BCUT2D eigenvalue weighted by molar-refractivity contribution is 0.0949. The summed E-state index contributed by atoms with van der Waals surface area (Å²) in [4.78, 5) is 29.1. The van der Waals surface area contributed by atoms with E-state index in [2.05, 4.69) is 15.6 Å². The number of imidazole rings is 1. The number of carbonyl (C=O) groups excluding carboxylic acids is 2. The van der Waals surface area contributed by atoms with Crippen LogP contribution in [0.25, 0.3) is 0 Å². The van der Waals surface area contributed by atoms with Gasteiger partial charge in [0.15, 0.2) is 5.16 Å². The predicted molar refractivity (Wildman–Crippen MR) is 99.2 cm³/mol. The Morgan fingerprint density at radius 1 is 1.32 bits per heavy atom. The van der Waals surface area contributed by atoms with Gasteiger partial charge in [0, 0.05) is 24.3 Å². The molecule has 1 heterocycles. The number of aryl methyl sites for hydroxylation is 1. The summed E-state index contributed by atoms with van der Waals surface area (Å²) in [5.41, 5.74) is 2.59. The minimum Gasteiger partial charge on any atom is -0.349 e. The molecule has 2 amide bonds. The maximum Gasteiger partial charge on any atom is 0.273 e. The summed E-state index contributed by atoms with van der Waals surface area (Å²) in [5.74, 6) is 0.560. The molecule has 1 aromatic heterocycles. The normalized spacial score (nSPS) is 13.6. The number of hydrogen-bond donors (Lipinski definition) is 2. The number of benzene rings is 1. The van der Waals surface area contributed by atoms with Crippen LogP contribution >= 0.6 is 11.8 Å². The molecule has 25 heavy (non-hydrogen) atoms. The van der Waals surface area contributed by atoms with E-state index >= 15 is 0 Å². The summed E-state index contributed by atoms with van der Waals surface area (Å²) in [6.45, 7) is 3.94. The topological polar surface area (TPSA) is 76.0 Å². The van der Waals surface area contributed by atoms with Crippen molar-refractivity contribution in [1.82, 2.24) is 14.9 Å². The molecule has 2 aromatic rings. The van der Waals surface area contributed by atoms with Gasteiger partial charge in [-0.3, -0.25) is 9.59 Å². The number of anilines is 1. The molecule has 0 bridgehead atoms. The zero-order chi connectivity index (χ0) is 18.0. The molecule has 6 nitrogen and oxygen atoms in total. The second-order valence-electron chi connectivity index (χ2n) is 6.15. The standard InChI is InChI=1S/C18H22N4O2S/c1-4-25-18-19-10-15(22(18)3)17(24)21-14-9-12(6-5-11(14)2)16(23)20-13-7-8-13/h5-6,9-10,13H,4,7-8H2,1-3H3,(H,20,23)(H,21,24). The molecule has 1 aromatic carbocycles. The van der Waals surface area contributed by atoms with Crippen LogP contribution in [0.15, 0.2) is 29.6 Å². The zero-order valence-corrected chi connectivity index (χ0v) is 15.4. The maximum atomic E-state index is 12.6. The summed E-state index contributed by atoms with van der Waals surface area (Å²) in [6.07, 6.45) is 3.66. The second kappa shape index (κ2) is 7.31. The van der Waals surface area contributed by atoms with Crippen LogP contribution in [0.5, 0.6) is 0 Å². The second-order valence-corrected chi connectivity index (χ2v) is 7.38. The van der Waals surface area contributed by atoms with Crippen molar-refractivity contribution in [3.8, 4) is 0 Å². The highest BCUT2D eigenvalue weighted by atomic mass is 32.2. The van der Waals surface area contributed by atoms with Crippen molar-refractivity contribution >= 4 is 29.3 Å². The highest BCUT2D eigenvalue weighted by molar-refractivity contribution is 7.99. The first-order chi connectivity index (χ1) is 12.0. The van der Waals surface area contributed by atoms with E-state index in [1.165, 1.54) is 0 Å². The molecule has 1 saturated carbocycles. The van der Waals surface area contributed by atoms with E-state index in [0.717, 1.165) is 29.3 Å². The van der Waals surface area contributed by atoms with Gasteiger partial charge in [-0.25, -0.2) is 4.98 Å². The summed E-state index contributed by atoms with van der Waals surface area (Å²) < 4.78 is 1.78. The number of nitrogens with one attached hydrogen (secondary N) is 2. The van der Waals surface area contributed by atoms with E-state index in [1.807, 2.05) is 27.0 Å². The molecular formula is C18H22N4O2S. The van der Waals surface area contributed by atoms with E-state index in [1.54, 1.807) is 34.7 Å². The molecule has 0 spiro atoms. The van der Waals surface area contributed by atoms with Crippen LogP contribution in [0.1, 0.15) is 46.2 Å². The molecule has 0 unspecified atom stereocenters. The van der Waals surface area contributed by atoms with Gasteiger partial charge in [-0.15, -0.1) is 0 Å². The number of thioether (sulfide) groups is 1. The molecule has 0 saturated heterocycles. The van der Waals surface area contributed by atoms with Crippen molar-refractivity contribution in [1.29, 1.82) is 0 Å². The fourth-order valence-corrected chi connectivity index (χ4v) is 3.12. The summed E-state index contributed by atoms with van der Waals surface area (Å²) >= 11 is 1.59. The highest BCUT2D eigenvalue weighted by Crippen LogP contribution is 2.22. The lowest BCUT2D eigenvalue weighted by Gasteiger charge is -2.11. The van der Waals surface area contributed by atoms with Crippen LogP contribution in [0.2, 0.25) is 0 Å². The number of hydrogen-bond acceptors (Lipinski definition) is 4. The predicted octanol–water partition coefficient (Wildman–Crippen LogP) is 2.99. The van der Waals surface area contributed by atoms with E-state index in [4.69, 9.17) is 0 Å². The van der Waals surface area contributed by atoms with E-state index in [0.29, 0.717) is 23.0 Å². The van der Waals surface area contributed by atoms with Crippen LogP contribution in [0.4, 0.5) is 5.69 Å². The molecule has 0 aliphatic heterocycles. The van der Waals surface area contributed by atoms with Crippen molar-refractivity contribution in [2.24, 2.45) is 7.05 Å². The lowest BCUT2D eigenvalue weighted by Crippen LogP contribution is -2.25. The van der Waals surface area contributed by atoms with Gasteiger partial charge in [0.2, 0.25) is 0 Å². The van der Waals surface area contributed by atoms with Crippen LogP contribution in [-0.2, 0) is 7.05 Å². The highest BCUT2D eigenvalue weighted by Gasteiger charge is 2.24. The monoisotopic (exact) mass is 358 g/mol. The molecule has 132 valence electrons. The number of carbonyl (C=O) groups is 2. The molecule has 1 aliphatic rings. The molecular weight excluding hydrogens is 336 g/mol. The van der Waals surface area contributed by atoms with Gasteiger partial charge in [0.05, 0.1) is 6.20 Å². The van der Waals surface area contributed by atoms with E-state index in [9.17, 15) is 9.59 Å². The molecule has 2 N–H and O–H groups in total. The van der Waals surface area contributed by atoms with Crippen molar-refractivity contribution in [3.05, 3.63) is 41.2 Å². The van der Waals surface area contributed by atoms with E-state index in [-0.39, 0.29) is 11.8 Å². The van der Waals surface area contributed by atoms with Gasteiger partial charge in [0.25, 0.3) is 11.8 Å². The summed E-state index contributed by atoms with van der Waals surface area (Å²) in [7, 11) is 1.83. The Labute approximate surface area is 151 Å². The zero-order valence-electron chi connectivity index (χ0n) is 14.6. The smallest absolute Gasteiger partial charge is 0.273 e. The van der Waals surface area contributed by atoms with Crippen LogP contribution in [0.3, 0.4) is 0 Å². The van der Waals surface area contributed by atoms with Gasteiger partial charge in [-0.05, 0) is 43.2 Å². The number of nitrogens with zero attached hydrogens (tertiary/aromatic N) is 2. The Morgan fingerprint density at radius 3 is 2.76 bits per heavy atom. The van der Waals surface area contributed by atoms with Crippen LogP contribution in [-0.4, -0.2) is 33.2 Å². The fourth-order valence-electron chi connectivity index (χ4n) is 2.45. The Morgan fingerprint density at radius 2 is 2.08 bits per heavy atom. The van der Waals surface area contributed by atoms with Crippen molar-refractivity contribution in [2.45, 2.75) is 37.9 Å². The molecule has 3 rings (SSSR count). The number of amides is 2. The van der Waals surface area contributed by atoms with Gasteiger partial charge in [-0.1, -0.05) is 24.8 Å². The lowest BCUT2D eigenvalue weighted by atomic mass is 10.1. The Kier molecular flexibility index (Phi) is 5.13. The molecule has 0 atom stereocenters. The average Bonchev–Trinajstić information content (AvgIpc) is 3.32. The average molecular weight is 358 g/mol. The Hall–Kier alpha value is -2.28. The largest absolute Gasteiger partial charge is 0.349 e. The van der Waals surface area contributed by atoms with Gasteiger partial charge >= 0.3 is 0 Å². The van der Waals surface area contributed by atoms with E-state index < -0.39 is 0 Å². The third-order valence-electron chi connectivity index (χ3n) is 4.11. The fraction of sp³-hybridized carbons (Fsp3) is 0.389. The third-order valence-corrected chi connectivity index (χ3v) is 5.04. The van der Waals surface area contributed by atoms with Gasteiger partial charge < -0.3 is 15.2 Å². The van der Waals surface area contributed by atoms with Crippen molar-refractivity contribution < 1.29 is 9.59 Å². The molecule has 7 heteroatoms. The molecule has 0 radical (unpaired) electrons. The quantitative estimate of drug-likeness (QED) is 0.779. The minimum atomic E-state index is -0.235. The summed E-state index contributed by atoms with van der Waals surface area (Å²) in [6, 6.07) is 5.65. The Bertz CT molecular complexity index is 811. The van der Waals surface area contributed by atoms with Crippen LogP contribution in [0, 0.1) is 6.92 Å². The number of rotatable bonds is 6. The molecule has 1 aliphatic carbocycles. The summed E-state index contributed by atoms with van der Waals surface area (Å²) in [5, 5.41) is 6.67. The van der Waals surface area contributed by atoms with Crippen molar-refractivity contribution in [2.75, 3.05) is 11.1 Å². The van der Waals surface area contributed by atoms with Gasteiger partial charge in [-0.2, -0.15) is 0 Å². The first-order valence-electron chi connectivity index (χ1n) is 8.37. The van der Waals surface area contributed by atoms with Crippen molar-refractivity contribution in [3.63, 3.8) is 0 Å². The third kappa shape index (κ3) is 4.04. The van der Waals surface area contributed by atoms with Crippen LogP contribution < -0.4 is 10.6 Å². The molecule has 1 fully saturated rings. The SMILES string of the molecule is CCSc1ncc(C(=O)Nc2cc(C(=O)NC3CC3)ccc2C)n1C. The maximum absolute atomic E-state index is 12.6. The number of aromatic nitrogens is 2. The minimum absolute atomic E-state index is 0.0971. The first-order valence-corrected chi connectivity index (χ1v) is 9.35. The first kappa shape index (κ1) is 17.5. The van der Waals surface area contributed by atoms with Gasteiger partial charge in [0.1, 0.15) is 5.69 Å². The Balaban J connectivity index is 1.77.